The summed E-state index contributed by atoms with van der Waals surface area (Å²) in [4.78, 5) is 0. The minimum absolute atomic E-state index is 0.477. The van der Waals surface area contributed by atoms with Crippen molar-refractivity contribution in [1.82, 2.24) is 0 Å². The molecule has 0 amide bonds. The van der Waals surface area contributed by atoms with Crippen LogP contribution < -0.4 is 0 Å². The Kier molecular flexibility index (Phi) is 4.27. The fourth-order valence-corrected chi connectivity index (χ4v) is 2.53. The summed E-state index contributed by atoms with van der Waals surface area (Å²) in [5, 5.41) is 10.9. The standard InChI is InChI=1S/C13H14ClIO/c14-11-8-10(6-7-12(11)15)13(16)9-4-2-1-3-5-9/h4,6-8,13,16H,1-3,5H2. The van der Waals surface area contributed by atoms with E-state index in [0.717, 1.165) is 27.5 Å². The fraction of sp³-hybridized carbons (Fsp3) is 0.385. The number of halogens is 2. The molecule has 1 atom stereocenters. The number of allylic oxidation sites excluding steroid dienone is 1. The molecule has 1 N–H and O–H groups in total. The summed E-state index contributed by atoms with van der Waals surface area (Å²) in [5.41, 5.74) is 2.04. The maximum atomic E-state index is 10.2. The van der Waals surface area contributed by atoms with E-state index >= 15 is 0 Å². The predicted octanol–water partition coefficient (Wildman–Crippen LogP) is 4.48. The third-order valence-electron chi connectivity index (χ3n) is 2.94. The zero-order valence-electron chi connectivity index (χ0n) is 8.92. The van der Waals surface area contributed by atoms with Crippen molar-refractivity contribution >= 4 is 34.2 Å². The van der Waals surface area contributed by atoms with Crippen LogP contribution in [0, 0.1) is 3.57 Å². The topological polar surface area (TPSA) is 20.2 Å². The molecule has 1 aliphatic rings. The third-order valence-corrected chi connectivity index (χ3v) is 4.51. The summed E-state index contributed by atoms with van der Waals surface area (Å²) in [5.74, 6) is 0. The normalized spacial score (nSPS) is 18.1. The summed E-state index contributed by atoms with van der Waals surface area (Å²) >= 11 is 8.25. The Balaban J connectivity index is 2.22. The molecule has 0 aliphatic heterocycles. The summed E-state index contributed by atoms with van der Waals surface area (Å²) < 4.78 is 1.02. The molecule has 0 heterocycles. The van der Waals surface area contributed by atoms with Gasteiger partial charge in [0.05, 0.1) is 5.02 Å². The lowest BCUT2D eigenvalue weighted by molar-refractivity contribution is 0.208. The smallest absolute Gasteiger partial charge is 0.100 e. The molecule has 0 aromatic heterocycles. The highest BCUT2D eigenvalue weighted by atomic mass is 127. The molecule has 3 heteroatoms. The van der Waals surface area contributed by atoms with Crippen molar-refractivity contribution in [2.75, 3.05) is 0 Å². The zero-order chi connectivity index (χ0) is 11.5. The largest absolute Gasteiger partial charge is 0.384 e. The lowest BCUT2D eigenvalue weighted by atomic mass is 9.92. The maximum Gasteiger partial charge on any atom is 0.100 e. The number of benzene rings is 1. The van der Waals surface area contributed by atoms with Crippen LogP contribution in [0.3, 0.4) is 0 Å². The van der Waals surface area contributed by atoms with E-state index < -0.39 is 6.10 Å². The van der Waals surface area contributed by atoms with Gasteiger partial charge in [0.15, 0.2) is 0 Å². The molecular formula is C13H14ClIO. The third kappa shape index (κ3) is 2.79. The van der Waals surface area contributed by atoms with Crippen molar-refractivity contribution in [3.63, 3.8) is 0 Å². The quantitative estimate of drug-likeness (QED) is 0.617. The van der Waals surface area contributed by atoms with Gasteiger partial charge in [-0.25, -0.2) is 0 Å². The van der Waals surface area contributed by atoms with Crippen LogP contribution in [0.2, 0.25) is 5.02 Å². The van der Waals surface area contributed by atoms with Gasteiger partial charge in [-0.05, 0) is 71.5 Å². The molecule has 0 fully saturated rings. The molecule has 1 aromatic carbocycles. The monoisotopic (exact) mass is 348 g/mol. The van der Waals surface area contributed by atoms with Crippen molar-refractivity contribution in [2.24, 2.45) is 0 Å². The van der Waals surface area contributed by atoms with Crippen molar-refractivity contribution < 1.29 is 5.11 Å². The van der Waals surface area contributed by atoms with Crippen molar-refractivity contribution in [3.8, 4) is 0 Å². The first-order chi connectivity index (χ1) is 7.68. The van der Waals surface area contributed by atoms with Gasteiger partial charge in [-0.3, -0.25) is 0 Å². The van der Waals surface area contributed by atoms with E-state index in [2.05, 4.69) is 28.7 Å². The first-order valence-corrected chi connectivity index (χ1v) is 6.96. The number of hydrogen-bond donors (Lipinski definition) is 1. The van der Waals surface area contributed by atoms with E-state index in [1.165, 1.54) is 12.8 Å². The average Bonchev–Trinajstić information content (AvgIpc) is 2.33. The summed E-state index contributed by atoms with van der Waals surface area (Å²) in [6.45, 7) is 0. The molecule has 1 aliphatic carbocycles. The van der Waals surface area contributed by atoms with Crippen molar-refractivity contribution in [2.45, 2.75) is 31.8 Å². The van der Waals surface area contributed by atoms with Gasteiger partial charge in [0.1, 0.15) is 6.10 Å². The van der Waals surface area contributed by atoms with Crippen molar-refractivity contribution in [1.29, 1.82) is 0 Å². The van der Waals surface area contributed by atoms with Gasteiger partial charge < -0.3 is 5.11 Å². The second-order valence-corrected chi connectivity index (χ2v) is 5.67. The van der Waals surface area contributed by atoms with Gasteiger partial charge in [0, 0.05) is 3.57 Å². The Bertz CT molecular complexity index is 414. The SMILES string of the molecule is OC(C1=CCCCC1)c1ccc(I)c(Cl)c1. The van der Waals surface area contributed by atoms with Crippen molar-refractivity contribution in [3.05, 3.63) is 44.0 Å². The molecule has 16 heavy (non-hydrogen) atoms. The highest BCUT2D eigenvalue weighted by molar-refractivity contribution is 14.1. The van der Waals surface area contributed by atoms with Crippen LogP contribution >= 0.6 is 34.2 Å². The Morgan fingerprint density at radius 2 is 2.12 bits per heavy atom. The fourth-order valence-electron chi connectivity index (χ4n) is 2.01. The highest BCUT2D eigenvalue weighted by Gasteiger charge is 2.15. The molecule has 2 rings (SSSR count). The van der Waals surface area contributed by atoms with Gasteiger partial charge in [-0.2, -0.15) is 0 Å². The van der Waals surface area contributed by atoms with Gasteiger partial charge in [-0.1, -0.05) is 23.7 Å². The van der Waals surface area contributed by atoms with E-state index in [1.54, 1.807) is 0 Å². The predicted molar refractivity (Wildman–Crippen MR) is 75.7 cm³/mol. The van der Waals surface area contributed by atoms with Crippen LogP contribution in [-0.2, 0) is 0 Å². The number of aliphatic hydroxyl groups excluding tert-OH is 1. The molecule has 1 unspecified atom stereocenters. The van der Waals surface area contributed by atoms with Crippen LogP contribution in [-0.4, -0.2) is 5.11 Å². The maximum absolute atomic E-state index is 10.2. The molecular weight excluding hydrogens is 334 g/mol. The van der Waals surface area contributed by atoms with Crippen LogP contribution in [0.1, 0.15) is 37.4 Å². The van der Waals surface area contributed by atoms with E-state index in [-0.39, 0.29) is 0 Å². The minimum atomic E-state index is -0.477. The van der Waals surface area contributed by atoms with Crippen LogP contribution in [0.25, 0.3) is 0 Å². The minimum Gasteiger partial charge on any atom is -0.384 e. The number of hydrogen-bond acceptors (Lipinski definition) is 1. The van der Waals surface area contributed by atoms with Crippen LogP contribution in [0.4, 0.5) is 0 Å². The highest BCUT2D eigenvalue weighted by Crippen LogP contribution is 2.31. The zero-order valence-corrected chi connectivity index (χ0v) is 11.8. The first kappa shape index (κ1) is 12.4. The van der Waals surface area contributed by atoms with Crippen LogP contribution in [0.15, 0.2) is 29.8 Å². The average molecular weight is 349 g/mol. The van der Waals surface area contributed by atoms with Gasteiger partial charge >= 0.3 is 0 Å². The second kappa shape index (κ2) is 5.52. The van der Waals surface area contributed by atoms with E-state index in [9.17, 15) is 5.11 Å². The molecule has 0 saturated heterocycles. The lowest BCUT2D eigenvalue weighted by Gasteiger charge is -2.19. The van der Waals surface area contributed by atoms with E-state index in [1.807, 2.05) is 18.2 Å². The van der Waals surface area contributed by atoms with Gasteiger partial charge in [0.2, 0.25) is 0 Å². The Labute approximate surface area is 115 Å². The molecule has 0 bridgehead atoms. The Morgan fingerprint density at radius 1 is 1.31 bits per heavy atom. The van der Waals surface area contributed by atoms with Gasteiger partial charge in [-0.15, -0.1) is 0 Å². The second-order valence-electron chi connectivity index (χ2n) is 4.10. The molecule has 1 nitrogen and oxygen atoms in total. The number of rotatable bonds is 2. The summed E-state index contributed by atoms with van der Waals surface area (Å²) in [6, 6.07) is 5.77. The first-order valence-electron chi connectivity index (χ1n) is 5.50. The lowest BCUT2D eigenvalue weighted by Crippen LogP contribution is -2.04. The summed E-state index contributed by atoms with van der Waals surface area (Å²) in [7, 11) is 0. The number of aliphatic hydroxyl groups is 1. The van der Waals surface area contributed by atoms with E-state index in [4.69, 9.17) is 11.6 Å². The van der Waals surface area contributed by atoms with Crippen LogP contribution in [0.5, 0.6) is 0 Å². The molecule has 0 spiro atoms. The molecule has 0 radical (unpaired) electrons. The van der Waals surface area contributed by atoms with Gasteiger partial charge in [0.25, 0.3) is 0 Å². The Hall–Kier alpha value is -0.0600. The molecule has 86 valence electrons. The Morgan fingerprint density at radius 3 is 2.75 bits per heavy atom. The molecule has 0 saturated carbocycles. The molecule has 1 aromatic rings. The summed E-state index contributed by atoms with van der Waals surface area (Å²) in [6.07, 6.45) is 6.20. The van der Waals surface area contributed by atoms with E-state index in [0.29, 0.717) is 5.02 Å².